The van der Waals surface area contributed by atoms with Crippen LogP contribution in [0.2, 0.25) is 0 Å². The van der Waals surface area contributed by atoms with Crippen LogP contribution in [0.4, 0.5) is 0 Å². The summed E-state index contributed by atoms with van der Waals surface area (Å²) in [6.45, 7) is 1.75. The van der Waals surface area contributed by atoms with Crippen LogP contribution < -0.4 is 0 Å². The first-order valence-electron chi connectivity index (χ1n) is 8.39. The third kappa shape index (κ3) is 4.32. The van der Waals surface area contributed by atoms with Gasteiger partial charge in [0.15, 0.2) is 0 Å². The highest BCUT2D eigenvalue weighted by Crippen LogP contribution is 2.22. The van der Waals surface area contributed by atoms with E-state index in [1.54, 1.807) is 0 Å². The Hall–Kier alpha value is -2.35. The number of nitrogens with zero attached hydrogens (tertiary/aromatic N) is 1. The van der Waals surface area contributed by atoms with Crippen molar-refractivity contribution >= 4 is 12.0 Å². The molecular formula is C21H23NO. The van der Waals surface area contributed by atoms with Gasteiger partial charge in [-0.05, 0) is 42.9 Å². The predicted molar refractivity (Wildman–Crippen MR) is 95.2 cm³/mol. The van der Waals surface area contributed by atoms with Crippen molar-refractivity contribution in [1.29, 1.82) is 0 Å². The number of carbonyl (C=O) groups excluding carboxylic acids is 1. The summed E-state index contributed by atoms with van der Waals surface area (Å²) >= 11 is 0. The fourth-order valence-electron chi connectivity index (χ4n) is 3.10. The van der Waals surface area contributed by atoms with Gasteiger partial charge in [0.1, 0.15) is 0 Å². The number of hydrogen-bond donors (Lipinski definition) is 0. The Labute approximate surface area is 138 Å². The molecular weight excluding hydrogens is 282 g/mol. The molecule has 0 spiro atoms. The zero-order chi connectivity index (χ0) is 15.9. The number of benzene rings is 2. The van der Waals surface area contributed by atoms with Gasteiger partial charge in [-0.1, -0.05) is 60.7 Å². The topological polar surface area (TPSA) is 20.3 Å². The molecule has 23 heavy (non-hydrogen) atoms. The molecule has 0 aliphatic carbocycles. The lowest BCUT2D eigenvalue weighted by atomic mass is 9.93. The van der Waals surface area contributed by atoms with Crippen molar-refractivity contribution in [3.8, 4) is 0 Å². The molecule has 0 saturated carbocycles. The summed E-state index contributed by atoms with van der Waals surface area (Å²) in [6, 6.07) is 20.0. The molecule has 0 radical (unpaired) electrons. The van der Waals surface area contributed by atoms with Crippen LogP contribution in [-0.2, 0) is 0 Å². The first-order valence-corrected chi connectivity index (χ1v) is 8.39. The van der Waals surface area contributed by atoms with Crippen LogP contribution in [0, 0.1) is 5.92 Å². The Morgan fingerprint density at radius 1 is 0.957 bits per heavy atom. The number of piperidine rings is 1. The Kier molecular flexibility index (Phi) is 5.25. The first kappa shape index (κ1) is 15.5. The van der Waals surface area contributed by atoms with Crippen molar-refractivity contribution in [3.05, 3.63) is 77.9 Å². The van der Waals surface area contributed by atoms with Gasteiger partial charge in [-0.3, -0.25) is 4.79 Å². The van der Waals surface area contributed by atoms with Crippen LogP contribution in [0.15, 0.2) is 66.7 Å². The fraction of sp³-hybridized carbons (Fsp3) is 0.286. The van der Waals surface area contributed by atoms with Crippen LogP contribution in [-0.4, -0.2) is 23.9 Å². The minimum absolute atomic E-state index is 0.170. The molecule has 3 rings (SSSR count). The zero-order valence-corrected chi connectivity index (χ0v) is 13.4. The minimum Gasteiger partial charge on any atom is -0.339 e. The standard InChI is InChI=1S/C21H23NO/c23-21(20-12-5-2-6-13-20)22-16-14-19(15-17-22)11-7-10-18-8-3-1-4-9-18/h1-10,12-13,19H,11,14-17H2/b10-7+. The summed E-state index contributed by atoms with van der Waals surface area (Å²) in [5, 5.41) is 0. The van der Waals surface area contributed by atoms with Crippen molar-refractivity contribution in [2.75, 3.05) is 13.1 Å². The van der Waals surface area contributed by atoms with Crippen LogP contribution in [0.5, 0.6) is 0 Å². The molecule has 0 bridgehead atoms. The highest BCUT2D eigenvalue weighted by Gasteiger charge is 2.22. The molecule has 1 saturated heterocycles. The SMILES string of the molecule is O=C(c1ccccc1)N1CCC(C/C=C/c2ccccc2)CC1. The number of allylic oxidation sites excluding steroid dienone is 1. The summed E-state index contributed by atoms with van der Waals surface area (Å²) in [7, 11) is 0. The van der Waals surface area contributed by atoms with Gasteiger partial charge in [0.05, 0.1) is 0 Å². The Morgan fingerprint density at radius 3 is 2.22 bits per heavy atom. The van der Waals surface area contributed by atoms with Crippen molar-refractivity contribution < 1.29 is 4.79 Å². The quantitative estimate of drug-likeness (QED) is 0.805. The molecule has 1 fully saturated rings. The van der Waals surface area contributed by atoms with Gasteiger partial charge < -0.3 is 4.90 Å². The molecule has 2 aromatic rings. The number of carbonyl (C=O) groups is 1. The summed E-state index contributed by atoms with van der Waals surface area (Å²) < 4.78 is 0. The summed E-state index contributed by atoms with van der Waals surface area (Å²) in [6.07, 6.45) is 7.76. The molecule has 1 aliphatic rings. The zero-order valence-electron chi connectivity index (χ0n) is 13.4. The molecule has 2 nitrogen and oxygen atoms in total. The van der Waals surface area contributed by atoms with Crippen LogP contribution in [0.1, 0.15) is 35.2 Å². The molecule has 0 unspecified atom stereocenters. The third-order valence-electron chi connectivity index (χ3n) is 4.50. The fourth-order valence-corrected chi connectivity index (χ4v) is 3.10. The maximum Gasteiger partial charge on any atom is 0.253 e. The number of amides is 1. The van der Waals surface area contributed by atoms with Crippen LogP contribution >= 0.6 is 0 Å². The first-order chi connectivity index (χ1) is 11.3. The average molecular weight is 305 g/mol. The van der Waals surface area contributed by atoms with E-state index in [1.165, 1.54) is 5.56 Å². The van der Waals surface area contributed by atoms with Gasteiger partial charge in [-0.2, -0.15) is 0 Å². The normalized spacial score (nSPS) is 15.9. The Balaban J connectivity index is 1.47. The highest BCUT2D eigenvalue weighted by molar-refractivity contribution is 5.94. The largest absolute Gasteiger partial charge is 0.339 e. The van der Waals surface area contributed by atoms with Crippen LogP contribution in [0.25, 0.3) is 6.08 Å². The molecule has 2 aromatic carbocycles. The van der Waals surface area contributed by atoms with Crippen molar-refractivity contribution in [2.45, 2.75) is 19.3 Å². The van der Waals surface area contributed by atoms with Gasteiger partial charge in [0.2, 0.25) is 0 Å². The number of hydrogen-bond acceptors (Lipinski definition) is 1. The van der Waals surface area contributed by atoms with Gasteiger partial charge in [-0.25, -0.2) is 0 Å². The Bertz CT molecular complexity index is 640. The van der Waals surface area contributed by atoms with Gasteiger partial charge >= 0.3 is 0 Å². The van der Waals surface area contributed by atoms with Crippen LogP contribution in [0.3, 0.4) is 0 Å². The van der Waals surface area contributed by atoms with Crippen molar-refractivity contribution in [2.24, 2.45) is 5.92 Å². The smallest absolute Gasteiger partial charge is 0.253 e. The number of rotatable bonds is 4. The van der Waals surface area contributed by atoms with E-state index in [2.05, 4.69) is 36.4 Å². The van der Waals surface area contributed by atoms with E-state index in [0.717, 1.165) is 37.9 Å². The lowest BCUT2D eigenvalue weighted by Crippen LogP contribution is -2.38. The maximum atomic E-state index is 12.4. The second-order valence-corrected chi connectivity index (χ2v) is 6.15. The lowest BCUT2D eigenvalue weighted by molar-refractivity contribution is 0.0691. The van der Waals surface area contributed by atoms with E-state index < -0.39 is 0 Å². The summed E-state index contributed by atoms with van der Waals surface area (Å²) in [4.78, 5) is 14.4. The highest BCUT2D eigenvalue weighted by atomic mass is 16.2. The molecule has 0 aromatic heterocycles. The number of likely N-dealkylation sites (tertiary alicyclic amines) is 1. The molecule has 0 N–H and O–H groups in total. The second kappa shape index (κ2) is 7.77. The van der Waals surface area contributed by atoms with Gasteiger partial charge in [0.25, 0.3) is 5.91 Å². The monoisotopic (exact) mass is 305 g/mol. The van der Waals surface area contributed by atoms with Crippen molar-refractivity contribution in [3.63, 3.8) is 0 Å². The minimum atomic E-state index is 0.170. The van der Waals surface area contributed by atoms with E-state index in [0.29, 0.717) is 5.92 Å². The van der Waals surface area contributed by atoms with E-state index in [-0.39, 0.29) is 5.91 Å². The van der Waals surface area contributed by atoms with Gasteiger partial charge in [-0.15, -0.1) is 0 Å². The maximum absolute atomic E-state index is 12.4. The molecule has 1 amide bonds. The summed E-state index contributed by atoms with van der Waals surface area (Å²) in [5.41, 5.74) is 2.05. The molecule has 0 atom stereocenters. The molecule has 1 aliphatic heterocycles. The Morgan fingerprint density at radius 2 is 1.57 bits per heavy atom. The predicted octanol–water partition coefficient (Wildman–Crippen LogP) is 4.64. The lowest BCUT2D eigenvalue weighted by Gasteiger charge is -2.31. The van der Waals surface area contributed by atoms with E-state index in [4.69, 9.17) is 0 Å². The van der Waals surface area contributed by atoms with E-state index in [1.807, 2.05) is 41.3 Å². The third-order valence-corrected chi connectivity index (χ3v) is 4.50. The van der Waals surface area contributed by atoms with Gasteiger partial charge in [0, 0.05) is 18.7 Å². The van der Waals surface area contributed by atoms with E-state index in [9.17, 15) is 4.79 Å². The van der Waals surface area contributed by atoms with Crippen molar-refractivity contribution in [1.82, 2.24) is 4.90 Å². The summed E-state index contributed by atoms with van der Waals surface area (Å²) in [5.74, 6) is 0.860. The molecule has 1 heterocycles. The molecule has 2 heteroatoms. The average Bonchev–Trinajstić information content (AvgIpc) is 2.63. The van der Waals surface area contributed by atoms with E-state index >= 15 is 0 Å². The molecule has 118 valence electrons. The second-order valence-electron chi connectivity index (χ2n) is 6.15.